The molecule has 0 aromatic rings. The standard InChI is InChI=1S/C9H11Cl3O/c1-8(2)4-3-7(13)6(5-8)9(10,11)12/h3-4,6H,5H2,1-2H3. The topological polar surface area (TPSA) is 17.1 Å². The first-order chi connectivity index (χ1) is 5.72. The molecule has 1 atom stereocenters. The van der Waals surface area contributed by atoms with Gasteiger partial charge in [0.05, 0.1) is 5.92 Å². The Kier molecular flexibility index (Phi) is 3.01. The number of hydrogen-bond donors (Lipinski definition) is 0. The van der Waals surface area contributed by atoms with E-state index in [-0.39, 0.29) is 11.2 Å². The van der Waals surface area contributed by atoms with Gasteiger partial charge < -0.3 is 0 Å². The van der Waals surface area contributed by atoms with E-state index >= 15 is 0 Å². The molecule has 13 heavy (non-hydrogen) atoms. The molecule has 1 nitrogen and oxygen atoms in total. The van der Waals surface area contributed by atoms with E-state index in [1.54, 1.807) is 0 Å². The first kappa shape index (κ1) is 11.4. The molecule has 0 amide bonds. The summed E-state index contributed by atoms with van der Waals surface area (Å²) in [6, 6.07) is 0. The molecule has 1 unspecified atom stereocenters. The summed E-state index contributed by atoms with van der Waals surface area (Å²) in [5.41, 5.74) is -0.0670. The molecule has 0 aliphatic heterocycles. The number of alkyl halides is 3. The van der Waals surface area contributed by atoms with Crippen LogP contribution in [0.2, 0.25) is 0 Å². The summed E-state index contributed by atoms with van der Waals surface area (Å²) in [5, 5.41) is 0. The van der Waals surface area contributed by atoms with Crippen molar-refractivity contribution < 1.29 is 4.79 Å². The van der Waals surface area contributed by atoms with E-state index in [1.807, 2.05) is 19.9 Å². The molecule has 1 aliphatic carbocycles. The number of hydrogen-bond acceptors (Lipinski definition) is 1. The van der Waals surface area contributed by atoms with Gasteiger partial charge in [-0.05, 0) is 17.9 Å². The molecule has 0 bridgehead atoms. The lowest BCUT2D eigenvalue weighted by Gasteiger charge is -2.33. The number of allylic oxidation sites excluding steroid dienone is 2. The van der Waals surface area contributed by atoms with Crippen molar-refractivity contribution >= 4 is 40.6 Å². The Hall–Kier alpha value is 0.280. The molecule has 0 spiro atoms. The van der Waals surface area contributed by atoms with Crippen molar-refractivity contribution in [2.75, 3.05) is 0 Å². The van der Waals surface area contributed by atoms with Gasteiger partial charge in [0.15, 0.2) is 5.78 Å². The van der Waals surface area contributed by atoms with Gasteiger partial charge in [-0.3, -0.25) is 4.79 Å². The Morgan fingerprint density at radius 3 is 2.38 bits per heavy atom. The molecule has 0 radical (unpaired) electrons. The van der Waals surface area contributed by atoms with Crippen molar-refractivity contribution in [1.29, 1.82) is 0 Å². The fraction of sp³-hybridized carbons (Fsp3) is 0.667. The zero-order chi connectivity index (χ0) is 10.3. The predicted octanol–water partition coefficient (Wildman–Crippen LogP) is 3.53. The van der Waals surface area contributed by atoms with Gasteiger partial charge in [0.2, 0.25) is 3.79 Å². The van der Waals surface area contributed by atoms with Crippen LogP contribution < -0.4 is 0 Å². The molecule has 0 saturated heterocycles. The largest absolute Gasteiger partial charge is 0.294 e. The lowest BCUT2D eigenvalue weighted by atomic mass is 9.77. The molecule has 0 aromatic heterocycles. The summed E-state index contributed by atoms with van der Waals surface area (Å²) in [6.45, 7) is 4.03. The van der Waals surface area contributed by atoms with Crippen molar-refractivity contribution in [3.63, 3.8) is 0 Å². The number of carbonyl (C=O) groups excluding carboxylic acids is 1. The Bertz CT molecular complexity index is 250. The van der Waals surface area contributed by atoms with E-state index in [0.717, 1.165) is 0 Å². The molecule has 4 heteroatoms. The van der Waals surface area contributed by atoms with Crippen molar-refractivity contribution in [2.45, 2.75) is 24.1 Å². The van der Waals surface area contributed by atoms with Gasteiger partial charge in [0, 0.05) is 0 Å². The summed E-state index contributed by atoms with van der Waals surface area (Å²) >= 11 is 17.1. The summed E-state index contributed by atoms with van der Waals surface area (Å²) < 4.78 is -1.49. The van der Waals surface area contributed by atoms with E-state index in [1.165, 1.54) is 6.08 Å². The van der Waals surface area contributed by atoms with Crippen LogP contribution in [0.3, 0.4) is 0 Å². The third-order valence-electron chi connectivity index (χ3n) is 2.17. The number of rotatable bonds is 0. The fourth-order valence-electron chi connectivity index (χ4n) is 1.40. The Morgan fingerprint density at radius 1 is 1.46 bits per heavy atom. The van der Waals surface area contributed by atoms with Crippen LogP contribution in [0.4, 0.5) is 0 Å². The van der Waals surface area contributed by atoms with Crippen LogP contribution >= 0.6 is 34.8 Å². The highest BCUT2D eigenvalue weighted by molar-refractivity contribution is 6.68. The highest BCUT2D eigenvalue weighted by Crippen LogP contribution is 2.44. The maximum Gasteiger partial charge on any atom is 0.200 e. The molecule has 1 aliphatic rings. The average molecular weight is 242 g/mol. The van der Waals surface area contributed by atoms with Crippen LogP contribution in [0.25, 0.3) is 0 Å². The maximum absolute atomic E-state index is 11.4. The van der Waals surface area contributed by atoms with Crippen LogP contribution in [-0.2, 0) is 4.79 Å². The number of ketones is 1. The predicted molar refractivity (Wildman–Crippen MR) is 56.3 cm³/mol. The molecule has 0 fully saturated rings. The molecule has 0 saturated carbocycles. The van der Waals surface area contributed by atoms with E-state index in [0.29, 0.717) is 6.42 Å². The van der Waals surface area contributed by atoms with Crippen LogP contribution in [0, 0.1) is 11.3 Å². The van der Waals surface area contributed by atoms with Crippen molar-refractivity contribution in [2.24, 2.45) is 11.3 Å². The summed E-state index contributed by atoms with van der Waals surface area (Å²) in [7, 11) is 0. The minimum Gasteiger partial charge on any atom is -0.294 e. The normalized spacial score (nSPS) is 27.8. The van der Waals surface area contributed by atoms with E-state index in [4.69, 9.17) is 34.8 Å². The summed E-state index contributed by atoms with van der Waals surface area (Å²) in [5.74, 6) is -0.614. The zero-order valence-electron chi connectivity index (χ0n) is 7.48. The number of halogens is 3. The first-order valence-corrected chi connectivity index (χ1v) is 5.15. The Morgan fingerprint density at radius 2 is 2.00 bits per heavy atom. The van der Waals surface area contributed by atoms with E-state index < -0.39 is 9.71 Å². The van der Waals surface area contributed by atoms with Crippen LogP contribution in [0.15, 0.2) is 12.2 Å². The van der Waals surface area contributed by atoms with Gasteiger partial charge in [-0.25, -0.2) is 0 Å². The lowest BCUT2D eigenvalue weighted by molar-refractivity contribution is -0.119. The maximum atomic E-state index is 11.4. The lowest BCUT2D eigenvalue weighted by Crippen LogP contribution is -2.34. The third-order valence-corrected chi connectivity index (χ3v) is 2.96. The minimum atomic E-state index is -1.49. The Balaban J connectivity index is 2.91. The van der Waals surface area contributed by atoms with Crippen LogP contribution in [-0.4, -0.2) is 9.58 Å². The summed E-state index contributed by atoms with van der Waals surface area (Å²) in [4.78, 5) is 11.4. The Labute approximate surface area is 93.0 Å². The molecule has 74 valence electrons. The van der Waals surface area contributed by atoms with Crippen LogP contribution in [0.1, 0.15) is 20.3 Å². The second-order valence-electron chi connectivity index (χ2n) is 4.02. The SMILES string of the molecule is CC1(C)C=CC(=O)C(C(Cl)(Cl)Cl)C1. The van der Waals surface area contributed by atoms with Crippen molar-refractivity contribution in [1.82, 2.24) is 0 Å². The zero-order valence-corrected chi connectivity index (χ0v) is 9.75. The van der Waals surface area contributed by atoms with Crippen molar-refractivity contribution in [3.05, 3.63) is 12.2 Å². The van der Waals surface area contributed by atoms with Gasteiger partial charge in [-0.15, -0.1) is 0 Å². The third kappa shape index (κ3) is 2.87. The van der Waals surface area contributed by atoms with Gasteiger partial charge in [-0.1, -0.05) is 54.7 Å². The molecule has 1 rings (SSSR count). The highest BCUT2D eigenvalue weighted by Gasteiger charge is 2.42. The quantitative estimate of drug-likeness (QED) is 0.593. The van der Waals surface area contributed by atoms with E-state index in [2.05, 4.69) is 0 Å². The first-order valence-electron chi connectivity index (χ1n) is 4.02. The molecule has 0 aromatic carbocycles. The minimum absolute atomic E-state index is 0.0670. The number of carbonyl (C=O) groups is 1. The second-order valence-corrected chi connectivity index (χ2v) is 6.39. The molecular weight excluding hydrogens is 230 g/mol. The van der Waals surface area contributed by atoms with Crippen LogP contribution in [0.5, 0.6) is 0 Å². The van der Waals surface area contributed by atoms with Gasteiger partial charge in [0.25, 0.3) is 0 Å². The second kappa shape index (κ2) is 3.45. The monoisotopic (exact) mass is 240 g/mol. The van der Waals surface area contributed by atoms with E-state index in [9.17, 15) is 4.79 Å². The van der Waals surface area contributed by atoms with Gasteiger partial charge >= 0.3 is 0 Å². The molecular formula is C9H11Cl3O. The fourth-order valence-corrected chi connectivity index (χ4v) is 1.95. The van der Waals surface area contributed by atoms with Gasteiger partial charge in [0.1, 0.15) is 0 Å². The summed E-state index contributed by atoms with van der Waals surface area (Å²) in [6.07, 6.45) is 3.96. The average Bonchev–Trinajstić information content (AvgIpc) is 1.92. The highest BCUT2D eigenvalue weighted by atomic mass is 35.6. The molecule has 0 heterocycles. The smallest absolute Gasteiger partial charge is 0.200 e. The molecule has 0 N–H and O–H groups in total. The van der Waals surface area contributed by atoms with Gasteiger partial charge in [-0.2, -0.15) is 0 Å². The van der Waals surface area contributed by atoms with Crippen molar-refractivity contribution in [3.8, 4) is 0 Å².